The lowest BCUT2D eigenvalue weighted by molar-refractivity contribution is -0.383. The lowest BCUT2D eigenvalue weighted by atomic mass is 10.0. The van der Waals surface area contributed by atoms with Gasteiger partial charge in [-0.15, -0.1) is 0 Å². The predicted molar refractivity (Wildman–Crippen MR) is 101 cm³/mol. The molecule has 1 aliphatic rings. The average molecular weight is 350 g/mol. The summed E-state index contributed by atoms with van der Waals surface area (Å²) >= 11 is 0. The molecule has 0 aliphatic carbocycles. The molecule has 1 atom stereocenters. The highest BCUT2D eigenvalue weighted by atomic mass is 16.6. The number of rotatable bonds is 4. The summed E-state index contributed by atoms with van der Waals surface area (Å²) in [6.07, 6.45) is 0. The largest absolute Gasteiger partial charge is 0.306 e. The molecular weight excluding hydrogens is 332 g/mol. The van der Waals surface area contributed by atoms with Crippen molar-refractivity contribution in [3.8, 4) is 0 Å². The number of nitrogens with zero attached hydrogens (tertiary/aromatic N) is 4. The van der Waals surface area contributed by atoms with E-state index in [4.69, 9.17) is 0 Å². The highest BCUT2D eigenvalue weighted by molar-refractivity contribution is 6.31. The zero-order valence-electron chi connectivity index (χ0n) is 14.8. The van der Waals surface area contributed by atoms with Crippen LogP contribution in [0.15, 0.2) is 36.4 Å². The SMILES string of the molecule is CC(CN1C(=O)c2c3ccccc3nc3c([N+](=O)[O-])ccc1c23)N(C)C. The third kappa shape index (κ3) is 2.24. The van der Waals surface area contributed by atoms with Gasteiger partial charge in [-0.05, 0) is 33.2 Å². The molecular formula is C19H18N4O3. The van der Waals surface area contributed by atoms with Gasteiger partial charge in [0.1, 0.15) is 0 Å². The van der Waals surface area contributed by atoms with Gasteiger partial charge in [-0.3, -0.25) is 14.9 Å². The molecule has 2 heterocycles. The number of anilines is 1. The third-order valence-corrected chi connectivity index (χ3v) is 5.07. The van der Waals surface area contributed by atoms with Crippen molar-refractivity contribution in [2.45, 2.75) is 13.0 Å². The van der Waals surface area contributed by atoms with Gasteiger partial charge < -0.3 is 9.80 Å². The van der Waals surface area contributed by atoms with Gasteiger partial charge in [0.2, 0.25) is 0 Å². The highest BCUT2D eigenvalue weighted by Crippen LogP contribution is 2.43. The number of fused-ring (bicyclic) bond motifs is 2. The lowest BCUT2D eigenvalue weighted by Crippen LogP contribution is -2.40. The monoisotopic (exact) mass is 350 g/mol. The second kappa shape index (κ2) is 5.74. The first-order valence-electron chi connectivity index (χ1n) is 8.38. The standard InChI is InChI=1S/C19H18N4O3/c1-11(21(2)3)10-22-14-8-9-15(23(25)26)18-17(14)16(19(22)24)12-6-4-5-7-13(12)20-18/h4-9,11H,10H2,1-3H3. The van der Waals surface area contributed by atoms with E-state index in [9.17, 15) is 14.9 Å². The maximum atomic E-state index is 13.2. The summed E-state index contributed by atoms with van der Waals surface area (Å²) in [6, 6.07) is 10.5. The Labute approximate surface area is 150 Å². The summed E-state index contributed by atoms with van der Waals surface area (Å²) in [5.41, 5.74) is 1.99. The number of benzene rings is 2. The van der Waals surface area contributed by atoms with Gasteiger partial charge in [0.25, 0.3) is 11.6 Å². The Balaban J connectivity index is 2.04. The third-order valence-electron chi connectivity index (χ3n) is 5.07. The Bertz CT molecular complexity index is 1080. The molecule has 4 rings (SSSR count). The van der Waals surface area contributed by atoms with Crippen LogP contribution in [0.2, 0.25) is 0 Å². The van der Waals surface area contributed by atoms with Gasteiger partial charge in [-0.25, -0.2) is 4.98 Å². The summed E-state index contributed by atoms with van der Waals surface area (Å²) in [4.78, 5) is 32.5. The minimum Gasteiger partial charge on any atom is -0.306 e. The molecule has 7 heteroatoms. The van der Waals surface area contributed by atoms with Crippen molar-refractivity contribution < 1.29 is 9.72 Å². The first-order valence-corrected chi connectivity index (χ1v) is 8.38. The first kappa shape index (κ1) is 16.4. The van der Waals surface area contributed by atoms with Crippen molar-refractivity contribution in [1.82, 2.24) is 9.88 Å². The number of carbonyl (C=O) groups is 1. The summed E-state index contributed by atoms with van der Waals surface area (Å²) in [6.45, 7) is 2.54. The lowest BCUT2D eigenvalue weighted by Gasteiger charge is -2.26. The average Bonchev–Trinajstić information content (AvgIpc) is 2.89. The molecule has 132 valence electrons. The van der Waals surface area contributed by atoms with Gasteiger partial charge in [-0.2, -0.15) is 0 Å². The zero-order valence-corrected chi connectivity index (χ0v) is 14.8. The molecule has 1 amide bonds. The van der Waals surface area contributed by atoms with Crippen LogP contribution in [0.1, 0.15) is 17.3 Å². The summed E-state index contributed by atoms with van der Waals surface area (Å²) < 4.78 is 0. The van der Waals surface area contributed by atoms with Gasteiger partial charge in [0, 0.05) is 29.4 Å². The number of non-ortho nitro benzene ring substituents is 1. The van der Waals surface area contributed by atoms with Crippen molar-refractivity contribution >= 4 is 39.1 Å². The predicted octanol–water partition coefficient (Wildman–Crippen LogP) is 3.21. The Hall–Kier alpha value is -3.06. The zero-order chi connectivity index (χ0) is 18.6. The van der Waals surface area contributed by atoms with Crippen molar-refractivity contribution in [3.63, 3.8) is 0 Å². The van der Waals surface area contributed by atoms with Crippen molar-refractivity contribution in [1.29, 1.82) is 0 Å². The Morgan fingerprint density at radius 3 is 2.65 bits per heavy atom. The van der Waals surface area contributed by atoms with Crippen LogP contribution < -0.4 is 4.90 Å². The van der Waals surface area contributed by atoms with Crippen molar-refractivity contribution in [3.05, 3.63) is 52.1 Å². The Morgan fingerprint density at radius 2 is 1.96 bits per heavy atom. The molecule has 1 aromatic heterocycles. The molecule has 2 aromatic carbocycles. The van der Waals surface area contributed by atoms with Crippen LogP contribution in [-0.2, 0) is 0 Å². The number of likely N-dealkylation sites (N-methyl/N-ethyl adjacent to an activating group) is 1. The van der Waals surface area contributed by atoms with Crippen LogP contribution in [0.3, 0.4) is 0 Å². The second-order valence-corrected chi connectivity index (χ2v) is 6.82. The normalized spacial score (nSPS) is 14.6. The minimum absolute atomic E-state index is 0.0777. The number of hydrogen-bond acceptors (Lipinski definition) is 5. The van der Waals surface area contributed by atoms with Crippen LogP contribution in [-0.4, -0.2) is 47.4 Å². The topological polar surface area (TPSA) is 79.6 Å². The maximum absolute atomic E-state index is 13.2. The molecule has 1 aliphatic heterocycles. The van der Waals surface area contributed by atoms with Crippen molar-refractivity contribution in [2.24, 2.45) is 0 Å². The van der Waals surface area contributed by atoms with E-state index in [-0.39, 0.29) is 23.2 Å². The Morgan fingerprint density at radius 1 is 1.23 bits per heavy atom. The molecule has 0 saturated heterocycles. The molecule has 1 unspecified atom stereocenters. The molecule has 0 N–H and O–H groups in total. The van der Waals surface area contributed by atoms with Crippen molar-refractivity contribution in [2.75, 3.05) is 25.5 Å². The number of aromatic nitrogens is 1. The number of hydrogen-bond donors (Lipinski definition) is 0. The summed E-state index contributed by atoms with van der Waals surface area (Å²) in [5, 5.41) is 12.8. The highest BCUT2D eigenvalue weighted by Gasteiger charge is 2.35. The summed E-state index contributed by atoms with van der Waals surface area (Å²) in [7, 11) is 3.92. The van der Waals surface area contributed by atoms with Gasteiger partial charge >= 0.3 is 0 Å². The summed E-state index contributed by atoms with van der Waals surface area (Å²) in [5.74, 6) is -0.127. The van der Waals surface area contributed by atoms with E-state index < -0.39 is 4.92 Å². The number of amides is 1. The van der Waals surface area contributed by atoms with E-state index in [0.29, 0.717) is 28.7 Å². The molecule has 0 spiro atoms. The first-order chi connectivity index (χ1) is 12.4. The molecule has 26 heavy (non-hydrogen) atoms. The minimum atomic E-state index is -0.444. The molecule has 0 saturated carbocycles. The molecule has 7 nitrogen and oxygen atoms in total. The second-order valence-electron chi connectivity index (χ2n) is 6.82. The fourth-order valence-corrected chi connectivity index (χ4v) is 3.41. The fourth-order valence-electron chi connectivity index (χ4n) is 3.41. The number of pyridine rings is 1. The van der Waals surface area contributed by atoms with E-state index in [2.05, 4.69) is 4.98 Å². The van der Waals surface area contributed by atoms with E-state index in [1.165, 1.54) is 6.07 Å². The fraction of sp³-hybridized carbons (Fsp3) is 0.263. The van der Waals surface area contributed by atoms with Crippen LogP contribution in [0.5, 0.6) is 0 Å². The smallest absolute Gasteiger partial charge is 0.295 e. The van der Waals surface area contributed by atoms with E-state index in [1.807, 2.05) is 44.1 Å². The quantitative estimate of drug-likeness (QED) is 0.410. The van der Waals surface area contributed by atoms with Crippen LogP contribution in [0.4, 0.5) is 11.4 Å². The molecule has 3 aromatic rings. The van der Waals surface area contributed by atoms with Crippen LogP contribution in [0, 0.1) is 10.1 Å². The molecule has 0 fully saturated rings. The Kier molecular flexibility index (Phi) is 3.62. The van der Waals surface area contributed by atoms with E-state index >= 15 is 0 Å². The number of nitro groups is 1. The van der Waals surface area contributed by atoms with E-state index in [0.717, 1.165) is 5.39 Å². The maximum Gasteiger partial charge on any atom is 0.295 e. The van der Waals surface area contributed by atoms with Gasteiger partial charge in [-0.1, -0.05) is 18.2 Å². The van der Waals surface area contributed by atoms with Crippen LogP contribution >= 0.6 is 0 Å². The van der Waals surface area contributed by atoms with E-state index in [1.54, 1.807) is 17.0 Å². The van der Waals surface area contributed by atoms with Crippen LogP contribution in [0.25, 0.3) is 21.8 Å². The van der Waals surface area contributed by atoms with Gasteiger partial charge in [0.15, 0.2) is 5.52 Å². The molecule has 0 radical (unpaired) electrons. The number of para-hydroxylation sites is 1. The molecule has 0 bridgehead atoms. The number of carbonyl (C=O) groups excluding carboxylic acids is 1. The number of nitro benzene ring substituents is 1. The van der Waals surface area contributed by atoms with Gasteiger partial charge in [0.05, 0.1) is 21.7 Å².